The molecule has 0 N–H and O–H groups in total. The summed E-state index contributed by atoms with van der Waals surface area (Å²) in [6.45, 7) is 2.59. The Hall–Kier alpha value is -1.61. The quantitative estimate of drug-likeness (QED) is 0.405. The molecule has 1 aromatic carbocycles. The third-order valence-electron chi connectivity index (χ3n) is 2.95. The van der Waals surface area contributed by atoms with E-state index in [0.717, 1.165) is 3.57 Å². The summed E-state index contributed by atoms with van der Waals surface area (Å²) in [7, 11) is 0. The number of esters is 2. The van der Waals surface area contributed by atoms with Gasteiger partial charge in [-0.3, -0.25) is 9.59 Å². The van der Waals surface area contributed by atoms with Gasteiger partial charge >= 0.3 is 11.9 Å². The number of hydrogen-bond acceptors (Lipinski definition) is 6. The number of hydrogen-bond donors (Lipinski definition) is 0. The molecule has 0 radical (unpaired) electrons. The topological polar surface area (TPSA) is 71.1 Å². The number of ether oxygens (including phenoxy) is 4. The minimum Gasteiger partial charge on any atom is -0.463 e. The summed E-state index contributed by atoms with van der Waals surface area (Å²) in [4.78, 5) is 22.1. The van der Waals surface area contributed by atoms with Gasteiger partial charge < -0.3 is 18.9 Å². The highest BCUT2D eigenvalue weighted by atomic mass is 127. The molecule has 0 saturated heterocycles. The van der Waals surface area contributed by atoms with E-state index in [1.807, 2.05) is 24.3 Å². The molecule has 0 fully saturated rings. The number of carbonyl (C=O) groups is 2. The standard InChI is InChI=1S/C16H17IO6/c1-10(18)20-9-15-14(21-11(2)19)7-8-16(23-15)22-13-5-3-12(17)4-6-13/h3-8,14-16H,9H2,1-2H3/t14-,15+,16-/m0/s1. The lowest BCUT2D eigenvalue weighted by Gasteiger charge is -2.31. The van der Waals surface area contributed by atoms with Gasteiger partial charge in [-0.05, 0) is 59.0 Å². The Kier molecular flexibility index (Phi) is 6.40. The van der Waals surface area contributed by atoms with Gasteiger partial charge in [0, 0.05) is 17.4 Å². The molecule has 1 aliphatic heterocycles. The Morgan fingerprint density at radius 2 is 1.83 bits per heavy atom. The van der Waals surface area contributed by atoms with E-state index >= 15 is 0 Å². The van der Waals surface area contributed by atoms with E-state index in [0.29, 0.717) is 5.75 Å². The van der Waals surface area contributed by atoms with Gasteiger partial charge in [-0.15, -0.1) is 0 Å². The molecule has 0 aliphatic carbocycles. The van der Waals surface area contributed by atoms with E-state index in [-0.39, 0.29) is 6.61 Å². The molecule has 0 unspecified atom stereocenters. The first-order chi connectivity index (χ1) is 10.9. The van der Waals surface area contributed by atoms with Crippen molar-refractivity contribution in [1.29, 1.82) is 0 Å². The molecule has 1 heterocycles. The van der Waals surface area contributed by atoms with Gasteiger partial charge in [0.1, 0.15) is 24.6 Å². The van der Waals surface area contributed by atoms with Crippen molar-refractivity contribution in [2.45, 2.75) is 32.3 Å². The van der Waals surface area contributed by atoms with Crippen LogP contribution in [0.5, 0.6) is 5.75 Å². The number of carbonyl (C=O) groups excluding carboxylic acids is 2. The number of benzene rings is 1. The van der Waals surface area contributed by atoms with Gasteiger partial charge in [-0.25, -0.2) is 0 Å². The summed E-state index contributed by atoms with van der Waals surface area (Å²) in [5.41, 5.74) is 0. The van der Waals surface area contributed by atoms with Crippen LogP contribution >= 0.6 is 22.6 Å². The van der Waals surface area contributed by atoms with Gasteiger partial charge in [0.05, 0.1) is 0 Å². The molecule has 1 aromatic rings. The lowest BCUT2D eigenvalue weighted by molar-refractivity contribution is -0.178. The van der Waals surface area contributed by atoms with Crippen LogP contribution in [0.25, 0.3) is 0 Å². The fourth-order valence-corrected chi connectivity index (χ4v) is 2.33. The molecule has 0 amide bonds. The van der Waals surface area contributed by atoms with Crippen LogP contribution in [0.15, 0.2) is 36.4 Å². The van der Waals surface area contributed by atoms with Crippen LogP contribution in [0.3, 0.4) is 0 Å². The first-order valence-corrected chi connectivity index (χ1v) is 8.08. The highest BCUT2D eigenvalue weighted by molar-refractivity contribution is 14.1. The van der Waals surface area contributed by atoms with Crippen LogP contribution in [-0.4, -0.2) is 37.0 Å². The minimum atomic E-state index is -0.651. The fourth-order valence-electron chi connectivity index (χ4n) is 1.97. The van der Waals surface area contributed by atoms with Crippen molar-refractivity contribution < 1.29 is 28.5 Å². The highest BCUT2D eigenvalue weighted by Crippen LogP contribution is 2.21. The van der Waals surface area contributed by atoms with Crippen molar-refractivity contribution in [3.8, 4) is 5.75 Å². The van der Waals surface area contributed by atoms with Crippen molar-refractivity contribution in [1.82, 2.24) is 0 Å². The van der Waals surface area contributed by atoms with E-state index in [1.54, 1.807) is 12.2 Å². The Balaban J connectivity index is 2.03. The predicted octanol–water partition coefficient (Wildman–Crippen LogP) is 2.45. The molecule has 6 nitrogen and oxygen atoms in total. The molecule has 1 aliphatic rings. The third-order valence-corrected chi connectivity index (χ3v) is 3.67. The minimum absolute atomic E-state index is 0.0236. The van der Waals surface area contributed by atoms with Gasteiger partial charge in [0.25, 0.3) is 0 Å². The second kappa shape index (κ2) is 8.30. The van der Waals surface area contributed by atoms with Crippen LogP contribution in [0.4, 0.5) is 0 Å². The zero-order valence-corrected chi connectivity index (χ0v) is 14.9. The van der Waals surface area contributed by atoms with Crippen molar-refractivity contribution in [2.24, 2.45) is 0 Å². The average Bonchev–Trinajstić information content (AvgIpc) is 2.49. The summed E-state index contributed by atoms with van der Waals surface area (Å²) >= 11 is 2.20. The van der Waals surface area contributed by atoms with E-state index in [2.05, 4.69) is 22.6 Å². The molecule has 3 atom stereocenters. The van der Waals surface area contributed by atoms with Crippen LogP contribution in [0.1, 0.15) is 13.8 Å². The van der Waals surface area contributed by atoms with Crippen LogP contribution in [-0.2, 0) is 23.8 Å². The maximum atomic E-state index is 11.1. The molecule has 0 saturated carbocycles. The van der Waals surface area contributed by atoms with Crippen molar-refractivity contribution >= 4 is 34.5 Å². The molecule has 0 aromatic heterocycles. The monoisotopic (exact) mass is 432 g/mol. The average molecular weight is 432 g/mol. The Morgan fingerprint density at radius 3 is 2.43 bits per heavy atom. The molecule has 124 valence electrons. The maximum absolute atomic E-state index is 11.1. The van der Waals surface area contributed by atoms with Crippen molar-refractivity contribution in [3.05, 3.63) is 40.0 Å². The molecule has 7 heteroatoms. The Bertz CT molecular complexity index is 583. The smallest absolute Gasteiger partial charge is 0.303 e. The largest absolute Gasteiger partial charge is 0.463 e. The Morgan fingerprint density at radius 1 is 1.13 bits per heavy atom. The van der Waals surface area contributed by atoms with Gasteiger partial charge in [-0.2, -0.15) is 0 Å². The first-order valence-electron chi connectivity index (χ1n) is 7.00. The molecule has 0 spiro atoms. The first kappa shape index (κ1) is 17.7. The van der Waals surface area contributed by atoms with Crippen LogP contribution in [0, 0.1) is 3.57 Å². The van der Waals surface area contributed by atoms with E-state index in [4.69, 9.17) is 18.9 Å². The normalized spacial score (nSPS) is 23.2. The summed E-state index contributed by atoms with van der Waals surface area (Å²) in [5, 5.41) is 0. The Labute approximate surface area is 147 Å². The van der Waals surface area contributed by atoms with Gasteiger partial charge in [0.2, 0.25) is 6.29 Å². The summed E-state index contributed by atoms with van der Waals surface area (Å²) < 4.78 is 22.6. The van der Waals surface area contributed by atoms with Crippen LogP contribution < -0.4 is 4.74 Å². The predicted molar refractivity (Wildman–Crippen MR) is 89.8 cm³/mol. The van der Waals surface area contributed by atoms with Crippen LogP contribution in [0.2, 0.25) is 0 Å². The van der Waals surface area contributed by atoms with Gasteiger partial charge in [0.15, 0.2) is 0 Å². The molecular formula is C16H17IO6. The summed E-state index contributed by atoms with van der Waals surface area (Å²) in [5.74, 6) is -0.217. The van der Waals surface area contributed by atoms with E-state index < -0.39 is 30.4 Å². The molecule has 0 bridgehead atoms. The van der Waals surface area contributed by atoms with Crippen molar-refractivity contribution in [3.63, 3.8) is 0 Å². The van der Waals surface area contributed by atoms with Crippen molar-refractivity contribution in [2.75, 3.05) is 6.61 Å². The van der Waals surface area contributed by atoms with Gasteiger partial charge in [-0.1, -0.05) is 0 Å². The maximum Gasteiger partial charge on any atom is 0.303 e. The SMILES string of the molecule is CC(=O)OC[C@H]1O[C@H](Oc2ccc(I)cc2)C=C[C@@H]1OC(C)=O. The molecule has 2 rings (SSSR count). The third kappa shape index (κ3) is 5.83. The summed E-state index contributed by atoms with van der Waals surface area (Å²) in [6, 6.07) is 7.50. The second-order valence-corrected chi connectivity index (χ2v) is 6.12. The lowest BCUT2D eigenvalue weighted by Crippen LogP contribution is -2.42. The molecule has 23 heavy (non-hydrogen) atoms. The van der Waals surface area contributed by atoms with E-state index in [9.17, 15) is 9.59 Å². The molecular weight excluding hydrogens is 415 g/mol. The highest BCUT2D eigenvalue weighted by Gasteiger charge is 2.31. The van der Waals surface area contributed by atoms with E-state index in [1.165, 1.54) is 13.8 Å². The fraction of sp³-hybridized carbons (Fsp3) is 0.375. The number of halogens is 1. The number of rotatable bonds is 5. The second-order valence-electron chi connectivity index (χ2n) is 4.88. The lowest BCUT2D eigenvalue weighted by atomic mass is 10.1. The summed E-state index contributed by atoms with van der Waals surface area (Å²) in [6.07, 6.45) is 1.44. The zero-order valence-electron chi connectivity index (χ0n) is 12.7. The zero-order chi connectivity index (χ0) is 16.8.